The molecule has 0 saturated carbocycles. The summed E-state index contributed by atoms with van der Waals surface area (Å²) in [4.78, 5) is 13.6. The van der Waals surface area contributed by atoms with Crippen molar-refractivity contribution in [3.05, 3.63) is 0 Å². The first-order valence-electron chi connectivity index (χ1n) is 5.60. The van der Waals surface area contributed by atoms with Crippen LogP contribution in [0.3, 0.4) is 0 Å². The SMILES string of the molecule is CCC1NCC(=O)N1C(C)CC(C)C. The third-order valence-electron chi connectivity index (χ3n) is 2.79. The van der Waals surface area contributed by atoms with Crippen LogP contribution in [0.25, 0.3) is 0 Å². The number of hydrogen-bond donors (Lipinski definition) is 1. The number of amides is 1. The van der Waals surface area contributed by atoms with Gasteiger partial charge in [0.25, 0.3) is 0 Å². The van der Waals surface area contributed by atoms with Gasteiger partial charge in [-0.15, -0.1) is 0 Å². The number of nitrogens with zero attached hydrogens (tertiary/aromatic N) is 1. The lowest BCUT2D eigenvalue weighted by Crippen LogP contribution is -2.43. The summed E-state index contributed by atoms with van der Waals surface area (Å²) in [6.07, 6.45) is 2.34. The Morgan fingerprint density at radius 3 is 2.64 bits per heavy atom. The normalized spacial score (nSPS) is 24.8. The number of rotatable bonds is 4. The molecule has 14 heavy (non-hydrogen) atoms. The molecule has 1 aliphatic rings. The molecule has 1 fully saturated rings. The predicted molar refractivity (Wildman–Crippen MR) is 57.8 cm³/mol. The van der Waals surface area contributed by atoms with Crippen LogP contribution in [0.1, 0.15) is 40.5 Å². The van der Waals surface area contributed by atoms with Crippen molar-refractivity contribution in [2.24, 2.45) is 5.92 Å². The third-order valence-corrected chi connectivity index (χ3v) is 2.79. The topological polar surface area (TPSA) is 32.3 Å². The van der Waals surface area contributed by atoms with Crippen molar-refractivity contribution >= 4 is 5.91 Å². The van der Waals surface area contributed by atoms with Crippen LogP contribution in [0.2, 0.25) is 0 Å². The Hall–Kier alpha value is -0.570. The van der Waals surface area contributed by atoms with Crippen LogP contribution in [-0.4, -0.2) is 29.6 Å². The highest BCUT2D eigenvalue weighted by atomic mass is 16.2. The van der Waals surface area contributed by atoms with E-state index in [1.807, 2.05) is 4.90 Å². The minimum absolute atomic E-state index is 0.255. The number of nitrogens with one attached hydrogen (secondary N) is 1. The lowest BCUT2D eigenvalue weighted by atomic mass is 10.0. The van der Waals surface area contributed by atoms with E-state index in [9.17, 15) is 4.79 Å². The highest BCUT2D eigenvalue weighted by Crippen LogP contribution is 2.18. The minimum Gasteiger partial charge on any atom is -0.323 e. The zero-order chi connectivity index (χ0) is 10.7. The van der Waals surface area contributed by atoms with Gasteiger partial charge in [-0.05, 0) is 25.7 Å². The van der Waals surface area contributed by atoms with Gasteiger partial charge in [0.2, 0.25) is 5.91 Å². The minimum atomic E-state index is 0.255. The highest BCUT2D eigenvalue weighted by molar-refractivity contribution is 5.80. The second-order valence-corrected chi connectivity index (χ2v) is 4.58. The van der Waals surface area contributed by atoms with E-state index in [2.05, 4.69) is 33.0 Å². The Morgan fingerprint density at radius 1 is 1.50 bits per heavy atom. The standard InChI is InChI=1S/C11H22N2O/c1-5-10-12-7-11(14)13(10)9(4)6-8(2)3/h8-10,12H,5-7H2,1-4H3. The fraction of sp³-hybridized carbons (Fsp3) is 0.909. The molecule has 1 saturated heterocycles. The number of hydrogen-bond acceptors (Lipinski definition) is 2. The molecule has 0 aromatic carbocycles. The van der Waals surface area contributed by atoms with Gasteiger partial charge in [-0.1, -0.05) is 20.8 Å². The van der Waals surface area contributed by atoms with E-state index in [0.717, 1.165) is 12.8 Å². The summed E-state index contributed by atoms with van der Waals surface area (Å²) in [6.45, 7) is 9.18. The average Bonchev–Trinajstić information content (AvgIpc) is 2.45. The zero-order valence-electron chi connectivity index (χ0n) is 9.71. The van der Waals surface area contributed by atoms with Gasteiger partial charge in [0.1, 0.15) is 0 Å². The Labute approximate surface area is 86.9 Å². The molecule has 0 bridgehead atoms. The van der Waals surface area contributed by atoms with Gasteiger partial charge < -0.3 is 4.90 Å². The van der Waals surface area contributed by atoms with Crippen molar-refractivity contribution in [1.82, 2.24) is 10.2 Å². The van der Waals surface area contributed by atoms with Crippen LogP contribution in [0.4, 0.5) is 0 Å². The molecule has 3 heteroatoms. The molecule has 2 atom stereocenters. The van der Waals surface area contributed by atoms with Crippen LogP contribution in [0.5, 0.6) is 0 Å². The number of carbonyl (C=O) groups excluding carboxylic acids is 1. The summed E-state index contributed by atoms with van der Waals surface area (Å²) in [7, 11) is 0. The van der Waals surface area contributed by atoms with Crippen LogP contribution in [-0.2, 0) is 4.79 Å². The molecular weight excluding hydrogens is 176 g/mol. The molecule has 3 nitrogen and oxygen atoms in total. The molecular formula is C11H22N2O. The van der Waals surface area contributed by atoms with E-state index in [-0.39, 0.29) is 12.1 Å². The Kier molecular flexibility index (Phi) is 3.93. The zero-order valence-corrected chi connectivity index (χ0v) is 9.71. The van der Waals surface area contributed by atoms with Crippen LogP contribution >= 0.6 is 0 Å². The summed E-state index contributed by atoms with van der Waals surface area (Å²) >= 11 is 0. The Morgan fingerprint density at radius 2 is 2.14 bits per heavy atom. The van der Waals surface area contributed by atoms with Gasteiger partial charge >= 0.3 is 0 Å². The molecule has 0 spiro atoms. The molecule has 1 heterocycles. The van der Waals surface area contributed by atoms with E-state index in [1.165, 1.54) is 0 Å². The van der Waals surface area contributed by atoms with Gasteiger partial charge in [-0.2, -0.15) is 0 Å². The predicted octanol–water partition coefficient (Wildman–Crippen LogP) is 1.59. The summed E-state index contributed by atoms with van der Waals surface area (Å²) < 4.78 is 0. The van der Waals surface area contributed by atoms with Gasteiger partial charge in [0, 0.05) is 6.04 Å². The average molecular weight is 198 g/mol. The van der Waals surface area contributed by atoms with E-state index in [1.54, 1.807) is 0 Å². The Bertz CT molecular complexity index is 203. The van der Waals surface area contributed by atoms with Crippen LogP contribution in [0.15, 0.2) is 0 Å². The lowest BCUT2D eigenvalue weighted by molar-refractivity contribution is -0.130. The van der Waals surface area contributed by atoms with E-state index >= 15 is 0 Å². The van der Waals surface area contributed by atoms with Crippen LogP contribution < -0.4 is 5.32 Å². The van der Waals surface area contributed by atoms with Gasteiger partial charge in [-0.25, -0.2) is 0 Å². The maximum Gasteiger partial charge on any atom is 0.238 e. The smallest absolute Gasteiger partial charge is 0.238 e. The molecule has 1 N–H and O–H groups in total. The van der Waals surface area contributed by atoms with Crippen molar-refractivity contribution in [3.63, 3.8) is 0 Å². The fourth-order valence-electron chi connectivity index (χ4n) is 2.26. The first kappa shape index (κ1) is 11.5. The molecule has 2 unspecified atom stereocenters. The van der Waals surface area contributed by atoms with Gasteiger partial charge in [0.05, 0.1) is 12.7 Å². The maximum absolute atomic E-state index is 11.6. The summed E-state index contributed by atoms with van der Waals surface area (Å²) in [5, 5.41) is 3.24. The Balaban J connectivity index is 2.58. The van der Waals surface area contributed by atoms with Gasteiger partial charge in [0.15, 0.2) is 0 Å². The van der Waals surface area contributed by atoms with Crippen molar-refractivity contribution in [2.75, 3.05) is 6.54 Å². The molecule has 1 rings (SSSR count). The van der Waals surface area contributed by atoms with Crippen molar-refractivity contribution in [3.8, 4) is 0 Å². The third kappa shape index (κ3) is 2.47. The molecule has 82 valence electrons. The van der Waals surface area contributed by atoms with E-state index < -0.39 is 0 Å². The second-order valence-electron chi connectivity index (χ2n) is 4.58. The summed E-state index contributed by atoms with van der Waals surface area (Å²) in [5.41, 5.74) is 0. The first-order chi connectivity index (χ1) is 6.56. The highest BCUT2D eigenvalue weighted by Gasteiger charge is 2.32. The quantitative estimate of drug-likeness (QED) is 0.744. The fourth-order valence-corrected chi connectivity index (χ4v) is 2.26. The molecule has 1 amide bonds. The summed E-state index contributed by atoms with van der Waals surface area (Å²) in [6, 6.07) is 0.363. The molecule has 0 aromatic heterocycles. The van der Waals surface area contributed by atoms with E-state index in [0.29, 0.717) is 18.5 Å². The molecule has 1 aliphatic heterocycles. The lowest BCUT2D eigenvalue weighted by Gasteiger charge is -2.30. The largest absolute Gasteiger partial charge is 0.323 e. The maximum atomic E-state index is 11.6. The van der Waals surface area contributed by atoms with Crippen molar-refractivity contribution in [1.29, 1.82) is 0 Å². The van der Waals surface area contributed by atoms with Crippen LogP contribution in [0, 0.1) is 5.92 Å². The molecule has 0 aromatic rings. The first-order valence-corrected chi connectivity index (χ1v) is 5.60. The van der Waals surface area contributed by atoms with Crippen molar-refractivity contribution < 1.29 is 4.79 Å². The summed E-state index contributed by atoms with van der Waals surface area (Å²) in [5.74, 6) is 0.904. The number of carbonyl (C=O) groups is 1. The van der Waals surface area contributed by atoms with E-state index in [4.69, 9.17) is 0 Å². The monoisotopic (exact) mass is 198 g/mol. The molecule has 0 radical (unpaired) electrons. The van der Waals surface area contributed by atoms with Crippen molar-refractivity contribution in [2.45, 2.75) is 52.7 Å². The van der Waals surface area contributed by atoms with Gasteiger partial charge in [-0.3, -0.25) is 10.1 Å². The molecule has 0 aliphatic carbocycles. The second kappa shape index (κ2) is 4.78.